The van der Waals surface area contributed by atoms with Crippen molar-refractivity contribution in [2.75, 3.05) is 31.6 Å². The van der Waals surface area contributed by atoms with Crippen molar-refractivity contribution >= 4 is 5.69 Å². The average molecular weight is 306 g/mol. The SMILES string of the molecule is COc1ccc(N2CCC(NCC(O)C(C)(C)C)CC2)cc1. The fourth-order valence-corrected chi connectivity index (χ4v) is 2.72. The molecule has 1 saturated heterocycles. The summed E-state index contributed by atoms with van der Waals surface area (Å²) in [7, 11) is 1.69. The van der Waals surface area contributed by atoms with Gasteiger partial charge in [0, 0.05) is 31.4 Å². The van der Waals surface area contributed by atoms with Crippen LogP contribution in [0.25, 0.3) is 0 Å². The molecule has 4 heteroatoms. The molecule has 1 unspecified atom stereocenters. The first-order valence-corrected chi connectivity index (χ1v) is 8.20. The van der Waals surface area contributed by atoms with Crippen molar-refractivity contribution in [3.8, 4) is 5.75 Å². The van der Waals surface area contributed by atoms with Gasteiger partial charge in [-0.1, -0.05) is 20.8 Å². The number of nitrogens with zero attached hydrogens (tertiary/aromatic N) is 1. The molecule has 0 aromatic heterocycles. The van der Waals surface area contributed by atoms with Crippen LogP contribution in [0.2, 0.25) is 0 Å². The lowest BCUT2D eigenvalue weighted by atomic mass is 9.89. The molecule has 1 heterocycles. The van der Waals surface area contributed by atoms with Crippen molar-refractivity contribution in [1.29, 1.82) is 0 Å². The number of hydrogen-bond acceptors (Lipinski definition) is 4. The number of anilines is 1. The van der Waals surface area contributed by atoms with Crippen LogP contribution in [0.4, 0.5) is 5.69 Å². The Bertz CT molecular complexity index is 445. The van der Waals surface area contributed by atoms with Crippen LogP contribution in [0.3, 0.4) is 0 Å². The summed E-state index contributed by atoms with van der Waals surface area (Å²) < 4.78 is 5.20. The van der Waals surface area contributed by atoms with Crippen molar-refractivity contribution in [3.05, 3.63) is 24.3 Å². The van der Waals surface area contributed by atoms with E-state index in [4.69, 9.17) is 4.74 Å². The van der Waals surface area contributed by atoms with Crippen molar-refractivity contribution in [3.63, 3.8) is 0 Å². The Morgan fingerprint density at radius 1 is 1.23 bits per heavy atom. The topological polar surface area (TPSA) is 44.7 Å². The molecule has 124 valence electrons. The normalized spacial score (nSPS) is 18.3. The van der Waals surface area contributed by atoms with Gasteiger partial charge in [0.2, 0.25) is 0 Å². The van der Waals surface area contributed by atoms with E-state index in [1.54, 1.807) is 7.11 Å². The zero-order chi connectivity index (χ0) is 16.2. The van der Waals surface area contributed by atoms with Gasteiger partial charge in [0.05, 0.1) is 13.2 Å². The molecule has 0 radical (unpaired) electrons. The molecule has 1 fully saturated rings. The number of benzene rings is 1. The molecule has 4 nitrogen and oxygen atoms in total. The summed E-state index contributed by atoms with van der Waals surface area (Å²) in [6.45, 7) is 9.00. The monoisotopic (exact) mass is 306 g/mol. The number of ether oxygens (including phenoxy) is 1. The minimum absolute atomic E-state index is 0.0587. The number of methoxy groups -OCH3 is 1. The number of rotatable bonds is 5. The highest BCUT2D eigenvalue weighted by molar-refractivity contribution is 5.49. The van der Waals surface area contributed by atoms with E-state index in [9.17, 15) is 5.11 Å². The smallest absolute Gasteiger partial charge is 0.119 e. The van der Waals surface area contributed by atoms with Gasteiger partial charge >= 0.3 is 0 Å². The van der Waals surface area contributed by atoms with E-state index in [2.05, 4.69) is 43.1 Å². The maximum absolute atomic E-state index is 10.1. The van der Waals surface area contributed by atoms with Gasteiger partial charge in [-0.25, -0.2) is 0 Å². The van der Waals surface area contributed by atoms with E-state index in [0.717, 1.165) is 31.7 Å². The molecular weight excluding hydrogens is 276 g/mol. The van der Waals surface area contributed by atoms with Gasteiger partial charge in [-0.3, -0.25) is 0 Å². The van der Waals surface area contributed by atoms with Crippen LogP contribution in [0.1, 0.15) is 33.6 Å². The molecule has 1 aromatic carbocycles. The van der Waals surface area contributed by atoms with E-state index >= 15 is 0 Å². The van der Waals surface area contributed by atoms with Crippen molar-refractivity contribution in [1.82, 2.24) is 5.32 Å². The highest BCUT2D eigenvalue weighted by atomic mass is 16.5. The van der Waals surface area contributed by atoms with Gasteiger partial charge in [-0.05, 0) is 42.5 Å². The molecule has 0 aliphatic carbocycles. The lowest BCUT2D eigenvalue weighted by Crippen LogP contribution is -2.46. The summed E-state index contributed by atoms with van der Waals surface area (Å²) in [6, 6.07) is 8.77. The van der Waals surface area contributed by atoms with Gasteiger partial charge in [-0.2, -0.15) is 0 Å². The van der Waals surface area contributed by atoms with Gasteiger partial charge in [-0.15, -0.1) is 0 Å². The van der Waals surface area contributed by atoms with E-state index in [-0.39, 0.29) is 11.5 Å². The highest BCUT2D eigenvalue weighted by Crippen LogP contribution is 2.23. The van der Waals surface area contributed by atoms with Crippen LogP contribution in [-0.4, -0.2) is 44.0 Å². The van der Waals surface area contributed by atoms with Gasteiger partial charge in [0.25, 0.3) is 0 Å². The predicted molar refractivity (Wildman–Crippen MR) is 91.7 cm³/mol. The maximum atomic E-state index is 10.1. The third kappa shape index (κ3) is 4.62. The van der Waals surface area contributed by atoms with E-state index < -0.39 is 0 Å². The quantitative estimate of drug-likeness (QED) is 0.878. The summed E-state index contributed by atoms with van der Waals surface area (Å²) in [4.78, 5) is 2.41. The van der Waals surface area contributed by atoms with Crippen LogP contribution in [0.15, 0.2) is 24.3 Å². The van der Waals surface area contributed by atoms with Gasteiger partial charge in [0.1, 0.15) is 5.75 Å². The second kappa shape index (κ2) is 7.34. The summed E-state index contributed by atoms with van der Waals surface area (Å²) in [5.41, 5.74) is 1.20. The van der Waals surface area contributed by atoms with Crippen LogP contribution in [-0.2, 0) is 0 Å². The number of aliphatic hydroxyl groups is 1. The third-order valence-electron chi connectivity index (χ3n) is 4.53. The summed E-state index contributed by atoms with van der Waals surface area (Å²) >= 11 is 0. The number of aliphatic hydroxyl groups excluding tert-OH is 1. The lowest BCUT2D eigenvalue weighted by molar-refractivity contribution is 0.0596. The summed E-state index contributed by atoms with van der Waals surface area (Å²) in [5, 5.41) is 13.6. The number of piperidine rings is 1. The van der Waals surface area contributed by atoms with Gasteiger partial charge in [0.15, 0.2) is 0 Å². The number of nitrogens with one attached hydrogen (secondary N) is 1. The van der Waals surface area contributed by atoms with Crippen molar-refractivity contribution in [2.45, 2.75) is 45.8 Å². The lowest BCUT2D eigenvalue weighted by Gasteiger charge is -2.35. The third-order valence-corrected chi connectivity index (χ3v) is 4.53. The number of hydrogen-bond donors (Lipinski definition) is 2. The Hall–Kier alpha value is -1.26. The molecule has 0 spiro atoms. The van der Waals surface area contributed by atoms with Crippen molar-refractivity contribution in [2.24, 2.45) is 5.41 Å². The first-order chi connectivity index (χ1) is 10.4. The zero-order valence-corrected chi connectivity index (χ0v) is 14.3. The molecule has 1 aromatic rings. The molecule has 1 aliphatic rings. The largest absolute Gasteiger partial charge is 0.497 e. The fourth-order valence-electron chi connectivity index (χ4n) is 2.72. The standard InChI is InChI=1S/C18H30N2O2/c1-18(2,3)17(21)13-19-14-9-11-20(12-10-14)15-5-7-16(22-4)8-6-15/h5-8,14,17,19,21H,9-13H2,1-4H3. The summed E-state index contributed by atoms with van der Waals surface area (Å²) in [5.74, 6) is 0.900. The molecule has 22 heavy (non-hydrogen) atoms. The van der Waals surface area contributed by atoms with E-state index in [1.165, 1.54) is 5.69 Å². The Kier molecular flexibility index (Phi) is 5.70. The molecular formula is C18H30N2O2. The summed E-state index contributed by atoms with van der Waals surface area (Å²) in [6.07, 6.45) is 1.93. The zero-order valence-electron chi connectivity index (χ0n) is 14.3. The Labute approximate surface area is 134 Å². The highest BCUT2D eigenvalue weighted by Gasteiger charge is 2.24. The van der Waals surface area contributed by atoms with E-state index in [0.29, 0.717) is 12.6 Å². The molecule has 0 amide bonds. The molecule has 0 saturated carbocycles. The second-order valence-corrected chi connectivity index (χ2v) is 7.25. The van der Waals surface area contributed by atoms with E-state index in [1.807, 2.05) is 12.1 Å². The molecule has 1 atom stereocenters. The maximum Gasteiger partial charge on any atom is 0.119 e. The minimum Gasteiger partial charge on any atom is -0.497 e. The first-order valence-electron chi connectivity index (χ1n) is 8.20. The predicted octanol–water partition coefficient (Wildman–Crippen LogP) is 2.66. The molecule has 1 aliphatic heterocycles. The van der Waals surface area contributed by atoms with Crippen molar-refractivity contribution < 1.29 is 9.84 Å². The first kappa shape index (κ1) is 17.1. The Morgan fingerprint density at radius 2 is 1.82 bits per heavy atom. The molecule has 2 N–H and O–H groups in total. The van der Waals surface area contributed by atoms with Crippen LogP contribution in [0, 0.1) is 5.41 Å². The Morgan fingerprint density at radius 3 is 2.32 bits per heavy atom. The fraction of sp³-hybridized carbons (Fsp3) is 0.667. The van der Waals surface area contributed by atoms with Crippen LogP contribution in [0.5, 0.6) is 5.75 Å². The average Bonchev–Trinajstić information content (AvgIpc) is 2.52. The molecule has 2 rings (SSSR count). The Balaban J connectivity index is 1.77. The minimum atomic E-state index is -0.299. The van der Waals surface area contributed by atoms with Crippen LogP contribution < -0.4 is 15.0 Å². The van der Waals surface area contributed by atoms with Crippen LogP contribution >= 0.6 is 0 Å². The second-order valence-electron chi connectivity index (χ2n) is 7.25. The molecule has 0 bridgehead atoms. The van der Waals surface area contributed by atoms with Gasteiger partial charge < -0.3 is 20.1 Å².